The van der Waals surface area contributed by atoms with Gasteiger partial charge in [-0.25, -0.2) is 4.98 Å². The van der Waals surface area contributed by atoms with Crippen molar-refractivity contribution in [2.45, 2.75) is 6.42 Å². The average Bonchev–Trinajstić information content (AvgIpc) is 2.78. The zero-order valence-corrected chi connectivity index (χ0v) is 10.0. The lowest BCUT2D eigenvalue weighted by molar-refractivity contribution is -0.136. The van der Waals surface area contributed by atoms with E-state index in [0.717, 1.165) is 11.2 Å². The van der Waals surface area contributed by atoms with Crippen molar-refractivity contribution in [3.05, 3.63) is 54.5 Å². The van der Waals surface area contributed by atoms with Crippen LogP contribution in [0.2, 0.25) is 0 Å². The summed E-state index contributed by atoms with van der Waals surface area (Å²) in [6.07, 6.45) is 3.45. The Bertz CT molecular complexity index is 735. The molecule has 0 saturated carbocycles. The summed E-state index contributed by atoms with van der Waals surface area (Å²) >= 11 is 0. The number of aromatic nitrogens is 3. The Morgan fingerprint density at radius 1 is 1.21 bits per heavy atom. The van der Waals surface area contributed by atoms with Crippen molar-refractivity contribution >= 4 is 11.5 Å². The first-order chi connectivity index (χ1) is 9.25. The van der Waals surface area contributed by atoms with E-state index in [1.54, 1.807) is 6.20 Å². The van der Waals surface area contributed by atoms with Crippen molar-refractivity contribution in [1.82, 2.24) is 14.4 Å². The molecule has 0 aliphatic heterocycles. The molecule has 0 fully saturated rings. The van der Waals surface area contributed by atoms with Crippen molar-refractivity contribution in [3.63, 3.8) is 0 Å². The zero-order valence-electron chi connectivity index (χ0n) is 10.0. The molecule has 0 aliphatic carbocycles. The zero-order chi connectivity index (χ0) is 13.2. The molecule has 3 heterocycles. The van der Waals surface area contributed by atoms with Crippen LogP contribution in [0.15, 0.2) is 48.8 Å². The average molecular weight is 253 g/mol. The van der Waals surface area contributed by atoms with E-state index in [1.807, 2.05) is 47.0 Å². The standard InChI is InChI=1S/C14H11N3O2/c18-13(19)9-11-12-6-2-4-8-17(12)14(16-11)10-5-1-3-7-15-10/h1-8H,9H2,(H,18,19). The van der Waals surface area contributed by atoms with Crippen LogP contribution in [0.4, 0.5) is 0 Å². The minimum atomic E-state index is -0.892. The SMILES string of the molecule is O=C(O)Cc1nc(-c2ccccn2)n2ccccc12. The fourth-order valence-corrected chi connectivity index (χ4v) is 2.05. The first-order valence-electron chi connectivity index (χ1n) is 5.85. The topological polar surface area (TPSA) is 67.5 Å². The Kier molecular flexibility index (Phi) is 2.72. The quantitative estimate of drug-likeness (QED) is 0.775. The molecule has 3 rings (SSSR count). The van der Waals surface area contributed by atoms with E-state index in [2.05, 4.69) is 9.97 Å². The van der Waals surface area contributed by atoms with Gasteiger partial charge in [0.2, 0.25) is 0 Å². The molecule has 5 nitrogen and oxygen atoms in total. The van der Waals surface area contributed by atoms with Gasteiger partial charge in [0.15, 0.2) is 5.82 Å². The van der Waals surface area contributed by atoms with Gasteiger partial charge in [-0.1, -0.05) is 12.1 Å². The molecule has 3 aromatic heterocycles. The van der Waals surface area contributed by atoms with E-state index in [1.165, 1.54) is 0 Å². The fourth-order valence-electron chi connectivity index (χ4n) is 2.05. The third-order valence-corrected chi connectivity index (χ3v) is 2.84. The number of pyridine rings is 2. The predicted molar refractivity (Wildman–Crippen MR) is 69.8 cm³/mol. The van der Waals surface area contributed by atoms with E-state index in [0.29, 0.717) is 11.5 Å². The molecule has 94 valence electrons. The van der Waals surface area contributed by atoms with Gasteiger partial charge in [-0.15, -0.1) is 0 Å². The van der Waals surface area contributed by atoms with Gasteiger partial charge >= 0.3 is 5.97 Å². The summed E-state index contributed by atoms with van der Waals surface area (Å²) in [5, 5.41) is 8.94. The number of imidazole rings is 1. The summed E-state index contributed by atoms with van der Waals surface area (Å²) in [5.74, 6) is -0.233. The van der Waals surface area contributed by atoms with Gasteiger partial charge in [-0.3, -0.25) is 14.2 Å². The number of fused-ring (bicyclic) bond motifs is 1. The van der Waals surface area contributed by atoms with Gasteiger partial charge < -0.3 is 5.11 Å². The molecule has 0 spiro atoms. The second kappa shape index (κ2) is 4.53. The van der Waals surface area contributed by atoms with Crippen LogP contribution in [0.5, 0.6) is 0 Å². The number of aliphatic carboxylic acids is 1. The van der Waals surface area contributed by atoms with E-state index < -0.39 is 5.97 Å². The number of hydrogen-bond donors (Lipinski definition) is 1. The fraction of sp³-hybridized carbons (Fsp3) is 0.0714. The molecule has 5 heteroatoms. The van der Waals surface area contributed by atoms with Crippen LogP contribution >= 0.6 is 0 Å². The number of rotatable bonds is 3. The molecule has 3 aromatic rings. The monoisotopic (exact) mass is 253 g/mol. The first kappa shape index (κ1) is 11.4. The summed E-state index contributed by atoms with van der Waals surface area (Å²) in [6, 6.07) is 11.2. The Hall–Kier alpha value is -2.69. The lowest BCUT2D eigenvalue weighted by Crippen LogP contribution is -2.00. The van der Waals surface area contributed by atoms with Gasteiger partial charge in [-0.2, -0.15) is 0 Å². The van der Waals surface area contributed by atoms with E-state index in [9.17, 15) is 4.79 Å². The molecule has 0 saturated heterocycles. The normalized spacial score (nSPS) is 10.7. The highest BCUT2D eigenvalue weighted by molar-refractivity contribution is 5.75. The van der Waals surface area contributed by atoms with Crippen LogP contribution in [0.1, 0.15) is 5.69 Å². The number of carbonyl (C=O) groups is 1. The smallest absolute Gasteiger partial charge is 0.309 e. The highest BCUT2D eigenvalue weighted by Gasteiger charge is 2.14. The van der Waals surface area contributed by atoms with Gasteiger partial charge in [0.05, 0.1) is 17.6 Å². The second-order valence-corrected chi connectivity index (χ2v) is 4.12. The molecular formula is C14H11N3O2. The lowest BCUT2D eigenvalue weighted by Gasteiger charge is -1.99. The van der Waals surface area contributed by atoms with Crippen molar-refractivity contribution < 1.29 is 9.90 Å². The molecule has 0 amide bonds. The summed E-state index contributed by atoms with van der Waals surface area (Å²) in [5.41, 5.74) is 2.07. The third kappa shape index (κ3) is 2.06. The van der Waals surface area contributed by atoms with Crippen LogP contribution in [-0.2, 0) is 11.2 Å². The van der Waals surface area contributed by atoms with Crippen LogP contribution in [0.25, 0.3) is 17.0 Å². The third-order valence-electron chi connectivity index (χ3n) is 2.84. The first-order valence-corrected chi connectivity index (χ1v) is 5.85. The van der Waals surface area contributed by atoms with Gasteiger partial charge in [-0.05, 0) is 24.3 Å². The molecule has 0 aliphatic rings. The Morgan fingerprint density at radius 3 is 2.79 bits per heavy atom. The molecule has 0 radical (unpaired) electrons. The molecule has 0 bridgehead atoms. The predicted octanol–water partition coefficient (Wildman–Crippen LogP) is 2.02. The van der Waals surface area contributed by atoms with E-state index >= 15 is 0 Å². The minimum absolute atomic E-state index is 0.0969. The number of carboxylic acid groups (broad SMARTS) is 1. The summed E-state index contributed by atoms with van der Waals surface area (Å²) in [6.45, 7) is 0. The van der Waals surface area contributed by atoms with Crippen LogP contribution in [0, 0.1) is 0 Å². The van der Waals surface area contributed by atoms with Crippen LogP contribution < -0.4 is 0 Å². The van der Waals surface area contributed by atoms with Gasteiger partial charge in [0.1, 0.15) is 5.69 Å². The Labute approximate surface area is 109 Å². The maximum atomic E-state index is 10.9. The number of nitrogens with zero attached hydrogens (tertiary/aromatic N) is 3. The van der Waals surface area contributed by atoms with Crippen LogP contribution in [-0.4, -0.2) is 25.4 Å². The molecule has 0 atom stereocenters. The second-order valence-electron chi connectivity index (χ2n) is 4.12. The maximum absolute atomic E-state index is 10.9. The number of carboxylic acids is 1. The maximum Gasteiger partial charge on any atom is 0.309 e. The summed E-state index contributed by atoms with van der Waals surface area (Å²) in [4.78, 5) is 19.6. The largest absolute Gasteiger partial charge is 0.481 e. The highest BCUT2D eigenvalue weighted by atomic mass is 16.4. The Balaban J connectivity index is 2.23. The van der Waals surface area contributed by atoms with Crippen molar-refractivity contribution in [3.8, 4) is 11.5 Å². The highest BCUT2D eigenvalue weighted by Crippen LogP contribution is 2.21. The molecule has 1 N–H and O–H groups in total. The summed E-state index contributed by atoms with van der Waals surface area (Å²) < 4.78 is 1.86. The lowest BCUT2D eigenvalue weighted by atomic mass is 10.2. The number of hydrogen-bond acceptors (Lipinski definition) is 3. The van der Waals surface area contributed by atoms with E-state index in [4.69, 9.17) is 5.11 Å². The van der Waals surface area contributed by atoms with Crippen molar-refractivity contribution in [2.24, 2.45) is 0 Å². The minimum Gasteiger partial charge on any atom is -0.481 e. The van der Waals surface area contributed by atoms with Crippen molar-refractivity contribution in [1.29, 1.82) is 0 Å². The van der Waals surface area contributed by atoms with Gasteiger partial charge in [0, 0.05) is 12.4 Å². The molecule has 0 aromatic carbocycles. The van der Waals surface area contributed by atoms with Gasteiger partial charge in [0.25, 0.3) is 0 Å². The Morgan fingerprint density at radius 2 is 2.05 bits per heavy atom. The molecular weight excluding hydrogens is 242 g/mol. The van der Waals surface area contributed by atoms with Crippen molar-refractivity contribution in [2.75, 3.05) is 0 Å². The molecule has 0 unspecified atom stereocenters. The summed E-state index contributed by atoms with van der Waals surface area (Å²) in [7, 11) is 0. The molecule has 19 heavy (non-hydrogen) atoms. The van der Waals surface area contributed by atoms with Crippen LogP contribution in [0.3, 0.4) is 0 Å². The van der Waals surface area contributed by atoms with E-state index in [-0.39, 0.29) is 6.42 Å².